The summed E-state index contributed by atoms with van der Waals surface area (Å²) in [6.07, 6.45) is 0.934. The molecule has 1 aliphatic heterocycles. The Morgan fingerprint density at radius 1 is 1.39 bits per heavy atom. The van der Waals surface area contributed by atoms with Gasteiger partial charge >= 0.3 is 5.97 Å². The zero-order valence-electron chi connectivity index (χ0n) is 12.4. The Kier molecular flexibility index (Phi) is 4.52. The van der Waals surface area contributed by atoms with E-state index in [1.807, 2.05) is 0 Å². The highest BCUT2D eigenvalue weighted by Gasteiger charge is 2.18. The molecule has 0 amide bonds. The van der Waals surface area contributed by atoms with Gasteiger partial charge in [0, 0.05) is 18.1 Å². The van der Waals surface area contributed by atoms with Gasteiger partial charge in [-0.2, -0.15) is 0 Å². The van der Waals surface area contributed by atoms with Crippen molar-refractivity contribution in [2.75, 3.05) is 19.8 Å². The Morgan fingerprint density at radius 3 is 3.00 bits per heavy atom. The SMILES string of the molecule is O=C(O)c1cccc(-c2cc(F)ccc2OCC2CCOC2)n1. The van der Waals surface area contributed by atoms with Crippen LogP contribution in [0.3, 0.4) is 0 Å². The van der Waals surface area contributed by atoms with Crippen LogP contribution >= 0.6 is 0 Å². The number of ether oxygens (including phenoxy) is 2. The lowest BCUT2D eigenvalue weighted by Gasteiger charge is -2.14. The topological polar surface area (TPSA) is 68.7 Å². The smallest absolute Gasteiger partial charge is 0.354 e. The third-order valence-electron chi connectivity index (χ3n) is 3.68. The van der Waals surface area contributed by atoms with E-state index in [2.05, 4.69) is 4.98 Å². The van der Waals surface area contributed by atoms with Crippen LogP contribution in [0.5, 0.6) is 5.75 Å². The number of hydrogen-bond donors (Lipinski definition) is 1. The van der Waals surface area contributed by atoms with Crippen molar-refractivity contribution in [3.8, 4) is 17.0 Å². The van der Waals surface area contributed by atoms with Gasteiger partial charge in [0.25, 0.3) is 0 Å². The van der Waals surface area contributed by atoms with E-state index in [-0.39, 0.29) is 5.69 Å². The average molecular weight is 317 g/mol. The summed E-state index contributed by atoms with van der Waals surface area (Å²) in [4.78, 5) is 15.1. The molecule has 0 aliphatic carbocycles. The molecule has 0 bridgehead atoms. The molecule has 1 saturated heterocycles. The van der Waals surface area contributed by atoms with Gasteiger partial charge in [0.15, 0.2) is 0 Å². The number of rotatable bonds is 5. The minimum atomic E-state index is -1.13. The maximum absolute atomic E-state index is 13.6. The maximum atomic E-state index is 13.6. The normalized spacial score (nSPS) is 17.2. The van der Waals surface area contributed by atoms with Crippen molar-refractivity contribution in [1.29, 1.82) is 0 Å². The van der Waals surface area contributed by atoms with Crippen LogP contribution in [0.25, 0.3) is 11.3 Å². The van der Waals surface area contributed by atoms with Crippen LogP contribution in [-0.2, 0) is 4.74 Å². The molecule has 1 aromatic carbocycles. The van der Waals surface area contributed by atoms with Gasteiger partial charge in [-0.05, 0) is 36.8 Å². The predicted molar refractivity (Wildman–Crippen MR) is 81.0 cm³/mol. The van der Waals surface area contributed by atoms with Crippen molar-refractivity contribution in [3.05, 3.63) is 47.9 Å². The number of pyridine rings is 1. The molecule has 0 saturated carbocycles. The van der Waals surface area contributed by atoms with Gasteiger partial charge in [-0.3, -0.25) is 0 Å². The summed E-state index contributed by atoms with van der Waals surface area (Å²) in [5, 5.41) is 9.05. The van der Waals surface area contributed by atoms with Crippen LogP contribution in [0.1, 0.15) is 16.9 Å². The molecule has 1 aromatic heterocycles. The van der Waals surface area contributed by atoms with E-state index in [1.54, 1.807) is 12.1 Å². The van der Waals surface area contributed by atoms with Crippen LogP contribution in [0, 0.1) is 11.7 Å². The van der Waals surface area contributed by atoms with Gasteiger partial charge in [-0.1, -0.05) is 6.07 Å². The molecule has 6 heteroatoms. The molecule has 1 atom stereocenters. The lowest BCUT2D eigenvalue weighted by molar-refractivity contribution is 0.0690. The molecular formula is C17H16FNO4. The second-order valence-electron chi connectivity index (χ2n) is 5.39. The molecule has 1 N–H and O–H groups in total. The summed E-state index contributed by atoms with van der Waals surface area (Å²) in [6, 6.07) is 8.74. The van der Waals surface area contributed by atoms with E-state index in [9.17, 15) is 9.18 Å². The minimum absolute atomic E-state index is 0.0955. The van der Waals surface area contributed by atoms with Crippen molar-refractivity contribution in [3.63, 3.8) is 0 Å². The summed E-state index contributed by atoms with van der Waals surface area (Å²) in [7, 11) is 0. The molecule has 1 fully saturated rings. The minimum Gasteiger partial charge on any atom is -0.493 e. The van der Waals surface area contributed by atoms with E-state index >= 15 is 0 Å². The van der Waals surface area contributed by atoms with E-state index in [4.69, 9.17) is 14.6 Å². The first-order valence-electron chi connectivity index (χ1n) is 7.34. The molecule has 120 valence electrons. The van der Waals surface area contributed by atoms with Crippen LogP contribution < -0.4 is 4.74 Å². The number of hydrogen-bond acceptors (Lipinski definition) is 4. The van der Waals surface area contributed by atoms with Gasteiger partial charge in [0.2, 0.25) is 0 Å². The maximum Gasteiger partial charge on any atom is 0.354 e. The number of aromatic nitrogens is 1. The molecule has 1 aliphatic rings. The van der Waals surface area contributed by atoms with Crippen molar-refractivity contribution >= 4 is 5.97 Å². The fraction of sp³-hybridized carbons (Fsp3) is 0.294. The summed E-state index contributed by atoms with van der Waals surface area (Å²) < 4.78 is 24.7. The lowest BCUT2D eigenvalue weighted by atomic mass is 10.1. The number of carboxylic acid groups (broad SMARTS) is 1. The van der Waals surface area contributed by atoms with Crippen LogP contribution in [0.4, 0.5) is 4.39 Å². The molecule has 2 aromatic rings. The van der Waals surface area contributed by atoms with E-state index < -0.39 is 11.8 Å². The van der Waals surface area contributed by atoms with E-state index in [0.29, 0.717) is 36.1 Å². The number of carbonyl (C=O) groups is 1. The highest BCUT2D eigenvalue weighted by Crippen LogP contribution is 2.30. The molecule has 2 heterocycles. The van der Waals surface area contributed by atoms with Crippen LogP contribution in [0.2, 0.25) is 0 Å². The average Bonchev–Trinajstić information content (AvgIpc) is 3.07. The van der Waals surface area contributed by atoms with Crippen molar-refractivity contribution in [2.24, 2.45) is 5.92 Å². The van der Waals surface area contributed by atoms with Gasteiger partial charge < -0.3 is 14.6 Å². The molecule has 0 radical (unpaired) electrons. The third-order valence-corrected chi connectivity index (χ3v) is 3.68. The number of benzene rings is 1. The van der Waals surface area contributed by atoms with Crippen LogP contribution in [0.15, 0.2) is 36.4 Å². The Morgan fingerprint density at radius 2 is 2.26 bits per heavy atom. The summed E-state index contributed by atoms with van der Waals surface area (Å²) in [6.45, 7) is 1.85. The Balaban J connectivity index is 1.89. The van der Waals surface area contributed by atoms with E-state index in [0.717, 1.165) is 13.0 Å². The quantitative estimate of drug-likeness (QED) is 0.918. The second kappa shape index (κ2) is 6.75. The fourth-order valence-electron chi connectivity index (χ4n) is 2.45. The van der Waals surface area contributed by atoms with Gasteiger partial charge in [0.05, 0.1) is 18.9 Å². The molecule has 23 heavy (non-hydrogen) atoms. The van der Waals surface area contributed by atoms with Crippen molar-refractivity contribution < 1.29 is 23.8 Å². The Hall–Kier alpha value is -2.47. The Labute approximate surface area is 132 Å². The van der Waals surface area contributed by atoms with Crippen molar-refractivity contribution in [2.45, 2.75) is 6.42 Å². The standard InChI is InChI=1S/C17H16FNO4/c18-12-4-5-16(23-10-11-6-7-22-9-11)13(8-12)14-2-1-3-15(19-14)17(20)21/h1-5,8,11H,6-7,9-10H2,(H,20,21). The fourth-order valence-corrected chi connectivity index (χ4v) is 2.45. The monoisotopic (exact) mass is 317 g/mol. The number of carboxylic acids is 1. The summed E-state index contributed by atoms with van der Waals surface area (Å²) in [5.74, 6) is -0.771. The van der Waals surface area contributed by atoms with Crippen LogP contribution in [-0.4, -0.2) is 35.9 Å². The molecule has 0 spiro atoms. The molecule has 1 unspecified atom stereocenters. The zero-order valence-corrected chi connectivity index (χ0v) is 12.4. The number of aromatic carboxylic acids is 1. The van der Waals surface area contributed by atoms with E-state index in [1.165, 1.54) is 24.3 Å². The summed E-state index contributed by atoms with van der Waals surface area (Å²) >= 11 is 0. The second-order valence-corrected chi connectivity index (χ2v) is 5.39. The first kappa shape index (κ1) is 15.4. The number of halogens is 1. The zero-order chi connectivity index (χ0) is 16.2. The molecular weight excluding hydrogens is 301 g/mol. The first-order chi connectivity index (χ1) is 11.1. The third kappa shape index (κ3) is 3.65. The molecule has 5 nitrogen and oxygen atoms in total. The van der Waals surface area contributed by atoms with Gasteiger partial charge in [0.1, 0.15) is 17.3 Å². The summed E-state index contributed by atoms with van der Waals surface area (Å²) in [5.41, 5.74) is 0.705. The van der Waals surface area contributed by atoms with Gasteiger partial charge in [-0.25, -0.2) is 14.2 Å². The highest BCUT2D eigenvalue weighted by molar-refractivity contribution is 5.86. The molecule has 3 rings (SSSR count). The van der Waals surface area contributed by atoms with Crippen molar-refractivity contribution in [1.82, 2.24) is 4.98 Å². The first-order valence-corrected chi connectivity index (χ1v) is 7.34. The predicted octanol–water partition coefficient (Wildman–Crippen LogP) is 3.00. The van der Waals surface area contributed by atoms with Gasteiger partial charge in [-0.15, -0.1) is 0 Å². The highest BCUT2D eigenvalue weighted by atomic mass is 19.1. The number of nitrogens with zero attached hydrogens (tertiary/aromatic N) is 1. The Bertz CT molecular complexity index is 713. The lowest BCUT2D eigenvalue weighted by Crippen LogP contribution is -2.12. The largest absolute Gasteiger partial charge is 0.493 e.